The summed E-state index contributed by atoms with van der Waals surface area (Å²) in [5.41, 5.74) is 5.81. The molecule has 32 heavy (non-hydrogen) atoms. The van der Waals surface area contributed by atoms with Crippen LogP contribution in [0.15, 0.2) is 30.3 Å². The first kappa shape index (κ1) is 24.7. The van der Waals surface area contributed by atoms with Gasteiger partial charge in [0.1, 0.15) is 0 Å². The van der Waals surface area contributed by atoms with Gasteiger partial charge in [0.05, 0.1) is 24.7 Å². The van der Waals surface area contributed by atoms with Crippen molar-refractivity contribution in [3.63, 3.8) is 0 Å². The normalized spacial score (nSPS) is 31.1. The number of benzene rings is 1. The monoisotopic (exact) mass is 444 g/mol. The van der Waals surface area contributed by atoms with Gasteiger partial charge in [0.2, 0.25) is 5.91 Å². The highest BCUT2D eigenvalue weighted by Gasteiger charge is 2.59. The number of carbonyl (C=O) groups excluding carboxylic acids is 2. The molecule has 1 aromatic rings. The van der Waals surface area contributed by atoms with Crippen molar-refractivity contribution in [3.8, 4) is 0 Å². The van der Waals surface area contributed by atoms with Crippen LogP contribution < -0.4 is 21.5 Å². The maximum absolute atomic E-state index is 14.3. The van der Waals surface area contributed by atoms with E-state index in [0.717, 1.165) is 12.0 Å². The molecule has 0 aliphatic carbocycles. The largest absolute Gasteiger partial charge is 0.804 e. The minimum absolute atomic E-state index is 0.0319. The summed E-state index contributed by atoms with van der Waals surface area (Å²) in [5.74, 6) is -0.376. The summed E-state index contributed by atoms with van der Waals surface area (Å²) in [4.78, 5) is 26.2. The van der Waals surface area contributed by atoms with Gasteiger partial charge >= 0.3 is 0 Å². The van der Waals surface area contributed by atoms with Crippen LogP contribution in [0.2, 0.25) is 0 Å². The fraction of sp³-hybridized carbons (Fsp3) is 0.680. The zero-order valence-corrected chi connectivity index (χ0v) is 20.2. The van der Waals surface area contributed by atoms with Gasteiger partial charge in [-0.2, -0.15) is 0 Å². The van der Waals surface area contributed by atoms with Crippen molar-refractivity contribution in [1.82, 2.24) is 10.6 Å². The molecule has 4 N–H and O–H groups in total. The second kappa shape index (κ2) is 9.12. The molecule has 2 amide bonds. The van der Waals surface area contributed by atoms with Crippen LogP contribution in [0.25, 0.3) is 0 Å². The number of nitrogens with zero attached hydrogens (tertiary/aromatic N) is 1. The number of carbonyl (C=O) groups is 2. The van der Waals surface area contributed by atoms with E-state index in [1.165, 1.54) is 0 Å². The topological polar surface area (TPSA) is 107 Å². The second-order valence-corrected chi connectivity index (χ2v) is 11.1. The van der Waals surface area contributed by atoms with Gasteiger partial charge in [0.25, 0.3) is 5.91 Å². The van der Waals surface area contributed by atoms with Gasteiger partial charge < -0.3 is 26.0 Å². The quantitative estimate of drug-likeness (QED) is 0.570. The highest BCUT2D eigenvalue weighted by molar-refractivity contribution is 5.83. The van der Waals surface area contributed by atoms with Gasteiger partial charge in [-0.15, -0.1) is 0 Å². The summed E-state index contributed by atoms with van der Waals surface area (Å²) in [6.45, 7) is 10.9. The Kier molecular flexibility index (Phi) is 7.03. The van der Waals surface area contributed by atoms with Crippen molar-refractivity contribution in [1.29, 1.82) is 0 Å². The Morgan fingerprint density at radius 2 is 1.88 bits per heavy atom. The van der Waals surface area contributed by atoms with Crippen LogP contribution in [-0.2, 0) is 16.0 Å². The van der Waals surface area contributed by atoms with E-state index in [2.05, 4.69) is 10.6 Å². The Hall–Kier alpha value is -1.96. The van der Waals surface area contributed by atoms with Crippen molar-refractivity contribution in [2.24, 2.45) is 11.7 Å². The van der Waals surface area contributed by atoms with Gasteiger partial charge in [-0.25, -0.2) is 0 Å². The summed E-state index contributed by atoms with van der Waals surface area (Å²) in [5, 5.41) is 20.5. The van der Waals surface area contributed by atoms with Crippen LogP contribution in [0.5, 0.6) is 0 Å². The minimum atomic E-state index is -1.13. The molecule has 5 atom stereocenters. The maximum Gasteiger partial charge on any atom is 0.278 e. The molecule has 2 heterocycles. The van der Waals surface area contributed by atoms with Crippen molar-refractivity contribution < 1.29 is 19.2 Å². The molecule has 2 unspecified atom stereocenters. The first-order chi connectivity index (χ1) is 14.9. The Morgan fingerprint density at radius 1 is 1.22 bits per heavy atom. The van der Waals surface area contributed by atoms with Crippen molar-refractivity contribution >= 4 is 11.8 Å². The van der Waals surface area contributed by atoms with Crippen molar-refractivity contribution in [2.45, 2.75) is 89.7 Å². The number of nitrogens with two attached hydrogens (primary N) is 1. The van der Waals surface area contributed by atoms with Crippen LogP contribution in [0.4, 0.5) is 0 Å². The molecule has 0 radical (unpaired) electrons. The van der Waals surface area contributed by atoms with Gasteiger partial charge in [-0.1, -0.05) is 44.2 Å². The summed E-state index contributed by atoms with van der Waals surface area (Å²) in [7, 11) is 0. The zero-order valence-electron chi connectivity index (χ0n) is 20.2. The first-order valence-electron chi connectivity index (χ1n) is 11.9. The Labute approximate surface area is 192 Å². The summed E-state index contributed by atoms with van der Waals surface area (Å²) in [6.07, 6.45) is 1.37. The molecular weight excluding hydrogens is 404 g/mol. The molecule has 2 aliphatic rings. The highest BCUT2D eigenvalue weighted by atomic mass is 16.3. The number of hydrogen-bond acceptors (Lipinski definition) is 4. The lowest BCUT2D eigenvalue weighted by molar-refractivity contribution is -1.01. The molecule has 178 valence electrons. The average molecular weight is 445 g/mol. The molecule has 2 aliphatic heterocycles. The predicted molar refractivity (Wildman–Crippen MR) is 123 cm³/mol. The third kappa shape index (κ3) is 4.85. The number of amides is 2. The lowest BCUT2D eigenvalue weighted by Gasteiger charge is -2.50. The van der Waals surface area contributed by atoms with E-state index in [1.54, 1.807) is 0 Å². The molecule has 1 spiro atoms. The van der Waals surface area contributed by atoms with E-state index >= 15 is 0 Å². The Bertz CT molecular complexity index is 822. The Morgan fingerprint density at radius 3 is 2.47 bits per heavy atom. The molecule has 3 rings (SSSR count). The molecule has 7 nitrogen and oxygen atoms in total. The third-order valence-electron chi connectivity index (χ3n) is 7.14. The van der Waals surface area contributed by atoms with Crippen LogP contribution in [-0.4, -0.2) is 58.8 Å². The third-order valence-corrected chi connectivity index (χ3v) is 7.14. The van der Waals surface area contributed by atoms with Crippen molar-refractivity contribution in [2.75, 3.05) is 13.1 Å². The number of quaternary nitrogens is 1. The van der Waals surface area contributed by atoms with E-state index in [1.807, 2.05) is 65.0 Å². The number of rotatable bonds is 6. The van der Waals surface area contributed by atoms with Crippen molar-refractivity contribution in [3.05, 3.63) is 35.9 Å². The smallest absolute Gasteiger partial charge is 0.278 e. The fourth-order valence-electron chi connectivity index (χ4n) is 5.43. The van der Waals surface area contributed by atoms with Gasteiger partial charge in [-0.05, 0) is 32.3 Å². The van der Waals surface area contributed by atoms with Crippen LogP contribution in [0, 0.1) is 5.92 Å². The van der Waals surface area contributed by atoms with E-state index in [0.29, 0.717) is 32.4 Å². The molecule has 7 heteroatoms. The molecule has 0 bridgehead atoms. The van der Waals surface area contributed by atoms with Gasteiger partial charge in [0, 0.05) is 37.5 Å². The standard InChI is InChI=1S/C25H40N4O3/c1-17(2)20(26)22(31)28-25(16-18-10-7-6-8-11-18)13-15-29(23(25)32)14-9-12-19(29)21(30)27-24(3,4)5/h6-8,10-11,17,19-20,23H,9,12-16,26H2,1-5H3,(H,27,30)(H,28,31)/t19-,20-,23?,25-,29?/m0/s1. The molecule has 0 aromatic heterocycles. The zero-order chi connectivity index (χ0) is 23.7. The minimum Gasteiger partial charge on any atom is -0.804 e. The summed E-state index contributed by atoms with van der Waals surface area (Å²) in [6, 6.07) is 8.73. The highest BCUT2D eigenvalue weighted by Crippen LogP contribution is 2.42. The molecule has 1 aromatic carbocycles. The summed E-state index contributed by atoms with van der Waals surface area (Å²) < 4.78 is 0.200. The lowest BCUT2D eigenvalue weighted by atomic mass is 9.87. The first-order valence-corrected chi connectivity index (χ1v) is 11.9. The lowest BCUT2D eigenvalue weighted by Crippen LogP contribution is -2.73. The van der Waals surface area contributed by atoms with E-state index in [4.69, 9.17) is 5.73 Å². The fourth-order valence-corrected chi connectivity index (χ4v) is 5.43. The van der Waals surface area contributed by atoms with Gasteiger partial charge in [0.15, 0.2) is 6.04 Å². The molecule has 0 saturated carbocycles. The molecule has 2 saturated heterocycles. The average Bonchev–Trinajstić information content (AvgIpc) is 3.25. The van der Waals surface area contributed by atoms with E-state index in [9.17, 15) is 14.7 Å². The summed E-state index contributed by atoms with van der Waals surface area (Å²) >= 11 is 0. The molecular formula is C25H40N4O3. The number of hydrogen-bond donors (Lipinski definition) is 3. The van der Waals surface area contributed by atoms with E-state index < -0.39 is 17.8 Å². The second-order valence-electron chi connectivity index (χ2n) is 11.1. The van der Waals surface area contributed by atoms with E-state index in [-0.39, 0.29) is 33.8 Å². The van der Waals surface area contributed by atoms with Crippen LogP contribution >= 0.6 is 0 Å². The number of nitrogens with one attached hydrogen (secondary N) is 2. The Balaban J connectivity index is 1.94. The van der Waals surface area contributed by atoms with Gasteiger partial charge in [-0.3, -0.25) is 9.59 Å². The van der Waals surface area contributed by atoms with Crippen LogP contribution in [0.3, 0.4) is 0 Å². The molecule has 2 fully saturated rings. The SMILES string of the molecule is CC(C)[C@H](N)C(=O)N[C@]1(Cc2ccccc2)CC[N+]2(CCC[C@H]2C(=O)NC(C)(C)C)C1[O-]. The van der Waals surface area contributed by atoms with Crippen LogP contribution in [0.1, 0.15) is 59.4 Å². The predicted octanol–water partition coefficient (Wildman–Crippen LogP) is 1.05. The maximum atomic E-state index is 14.3.